The first-order valence-electron chi connectivity index (χ1n) is 7.41. The highest BCUT2D eigenvalue weighted by Crippen LogP contribution is 2.23. The lowest BCUT2D eigenvalue weighted by Gasteiger charge is -2.34. The van der Waals surface area contributed by atoms with Gasteiger partial charge in [-0.1, -0.05) is 0 Å². The van der Waals surface area contributed by atoms with E-state index in [-0.39, 0.29) is 18.6 Å². The number of nitrogens with zero attached hydrogens (tertiary/aromatic N) is 2. The van der Waals surface area contributed by atoms with Crippen molar-refractivity contribution in [1.29, 1.82) is 0 Å². The number of amides is 1. The summed E-state index contributed by atoms with van der Waals surface area (Å²) in [5.41, 5.74) is 0.863. The van der Waals surface area contributed by atoms with Crippen LogP contribution in [-0.2, 0) is 9.53 Å². The minimum absolute atomic E-state index is 0.0169. The Hall–Kier alpha value is -2.54. The quantitative estimate of drug-likeness (QED) is 0.902. The van der Waals surface area contributed by atoms with Crippen LogP contribution in [0.5, 0.6) is 11.5 Å². The van der Waals surface area contributed by atoms with Crippen molar-refractivity contribution in [3.8, 4) is 11.5 Å². The first-order chi connectivity index (χ1) is 11.3. The molecule has 1 amide bonds. The van der Waals surface area contributed by atoms with E-state index in [0.717, 1.165) is 11.4 Å². The van der Waals surface area contributed by atoms with Crippen molar-refractivity contribution in [3.05, 3.63) is 42.2 Å². The SMILES string of the molecule is COc1ccc(OCC(=O)N2CCOCC2c2ccn[nH]2)cc1. The van der Waals surface area contributed by atoms with Gasteiger partial charge in [-0.15, -0.1) is 0 Å². The Bertz CT molecular complexity index is 627. The van der Waals surface area contributed by atoms with E-state index in [0.29, 0.717) is 25.5 Å². The molecular weight excluding hydrogens is 298 g/mol. The number of hydrogen-bond donors (Lipinski definition) is 1. The second kappa shape index (κ2) is 7.15. The van der Waals surface area contributed by atoms with E-state index in [9.17, 15) is 4.79 Å². The van der Waals surface area contributed by atoms with Crippen molar-refractivity contribution < 1.29 is 19.0 Å². The Kier molecular flexibility index (Phi) is 4.77. The maximum absolute atomic E-state index is 12.5. The summed E-state index contributed by atoms with van der Waals surface area (Å²) in [5.74, 6) is 1.30. The highest BCUT2D eigenvalue weighted by molar-refractivity contribution is 5.78. The zero-order valence-corrected chi connectivity index (χ0v) is 12.9. The summed E-state index contributed by atoms with van der Waals surface area (Å²) in [4.78, 5) is 14.3. The summed E-state index contributed by atoms with van der Waals surface area (Å²) in [6, 6.07) is 8.84. The van der Waals surface area contributed by atoms with Crippen LogP contribution in [0.25, 0.3) is 0 Å². The van der Waals surface area contributed by atoms with Crippen LogP contribution in [0.2, 0.25) is 0 Å². The number of rotatable bonds is 5. The van der Waals surface area contributed by atoms with E-state index < -0.39 is 0 Å². The van der Waals surface area contributed by atoms with E-state index in [1.54, 1.807) is 42.5 Å². The lowest BCUT2D eigenvalue weighted by molar-refractivity contribution is -0.142. The molecule has 1 aromatic carbocycles. The molecular formula is C16H19N3O4. The van der Waals surface area contributed by atoms with Crippen LogP contribution < -0.4 is 9.47 Å². The second-order valence-corrected chi connectivity index (χ2v) is 5.15. The number of hydrogen-bond acceptors (Lipinski definition) is 5. The van der Waals surface area contributed by atoms with E-state index in [2.05, 4.69) is 10.2 Å². The van der Waals surface area contributed by atoms with Gasteiger partial charge in [0, 0.05) is 12.7 Å². The Balaban J connectivity index is 1.61. The molecule has 3 rings (SSSR count). The van der Waals surface area contributed by atoms with Crippen molar-refractivity contribution in [2.75, 3.05) is 33.5 Å². The fraction of sp³-hybridized carbons (Fsp3) is 0.375. The minimum Gasteiger partial charge on any atom is -0.497 e. The molecule has 1 aliphatic rings. The number of methoxy groups -OCH3 is 1. The number of aromatic amines is 1. The molecule has 0 spiro atoms. The van der Waals surface area contributed by atoms with Gasteiger partial charge in [0.1, 0.15) is 11.5 Å². The van der Waals surface area contributed by atoms with Gasteiger partial charge < -0.3 is 19.1 Å². The lowest BCUT2D eigenvalue weighted by Crippen LogP contribution is -2.45. The van der Waals surface area contributed by atoms with Gasteiger partial charge in [0.25, 0.3) is 5.91 Å². The average Bonchev–Trinajstić information content (AvgIpc) is 3.14. The minimum atomic E-state index is -0.154. The summed E-state index contributed by atoms with van der Waals surface area (Å²) in [6.07, 6.45) is 1.67. The molecule has 7 heteroatoms. The molecule has 1 aliphatic heterocycles. The number of nitrogens with one attached hydrogen (secondary N) is 1. The number of aromatic nitrogens is 2. The largest absolute Gasteiger partial charge is 0.497 e. The van der Waals surface area contributed by atoms with E-state index in [1.807, 2.05) is 6.07 Å². The van der Waals surface area contributed by atoms with Gasteiger partial charge in [0.05, 0.1) is 32.1 Å². The molecule has 1 aromatic heterocycles. The second-order valence-electron chi connectivity index (χ2n) is 5.15. The van der Waals surface area contributed by atoms with Crippen molar-refractivity contribution in [3.63, 3.8) is 0 Å². The summed E-state index contributed by atoms with van der Waals surface area (Å²) < 4.78 is 16.1. The zero-order valence-electron chi connectivity index (χ0n) is 12.9. The Morgan fingerprint density at radius 3 is 2.83 bits per heavy atom. The Morgan fingerprint density at radius 1 is 1.35 bits per heavy atom. The van der Waals surface area contributed by atoms with Gasteiger partial charge in [-0.25, -0.2) is 0 Å². The van der Waals surface area contributed by atoms with Crippen LogP contribution in [0.4, 0.5) is 0 Å². The molecule has 1 atom stereocenters. The van der Waals surface area contributed by atoms with E-state index in [1.165, 1.54) is 0 Å². The molecule has 2 aromatic rings. The summed E-state index contributed by atoms with van der Waals surface area (Å²) in [5, 5.41) is 6.84. The highest BCUT2D eigenvalue weighted by Gasteiger charge is 2.29. The van der Waals surface area contributed by atoms with Gasteiger partial charge in [-0.3, -0.25) is 9.89 Å². The van der Waals surface area contributed by atoms with Crippen molar-refractivity contribution in [1.82, 2.24) is 15.1 Å². The standard InChI is InChI=1S/C16H19N3O4/c1-21-12-2-4-13(5-3-12)23-11-16(20)19-8-9-22-10-15(19)14-6-7-17-18-14/h2-7,15H,8-11H2,1H3,(H,17,18). The number of benzene rings is 1. The predicted molar refractivity (Wildman–Crippen MR) is 82.3 cm³/mol. The molecule has 23 heavy (non-hydrogen) atoms. The molecule has 1 N–H and O–H groups in total. The maximum atomic E-state index is 12.5. The van der Waals surface area contributed by atoms with Gasteiger partial charge in [-0.05, 0) is 30.3 Å². The summed E-state index contributed by atoms with van der Waals surface area (Å²) in [6.45, 7) is 1.50. The van der Waals surface area contributed by atoms with Gasteiger partial charge in [0.2, 0.25) is 0 Å². The predicted octanol–water partition coefficient (Wildman–Crippen LogP) is 1.40. The number of ether oxygens (including phenoxy) is 3. The number of carbonyl (C=O) groups is 1. The van der Waals surface area contributed by atoms with E-state index >= 15 is 0 Å². The molecule has 0 bridgehead atoms. The van der Waals surface area contributed by atoms with Crippen LogP contribution in [0, 0.1) is 0 Å². The van der Waals surface area contributed by atoms with Crippen LogP contribution >= 0.6 is 0 Å². The topological polar surface area (TPSA) is 76.7 Å². The van der Waals surface area contributed by atoms with Gasteiger partial charge >= 0.3 is 0 Å². The number of H-pyrrole nitrogens is 1. The average molecular weight is 317 g/mol. The van der Waals surface area contributed by atoms with E-state index in [4.69, 9.17) is 14.2 Å². The van der Waals surface area contributed by atoms with Gasteiger partial charge in [0.15, 0.2) is 6.61 Å². The molecule has 122 valence electrons. The van der Waals surface area contributed by atoms with Crippen LogP contribution in [-0.4, -0.2) is 54.5 Å². The highest BCUT2D eigenvalue weighted by atomic mass is 16.5. The smallest absolute Gasteiger partial charge is 0.261 e. The number of morpholine rings is 1. The summed E-state index contributed by atoms with van der Waals surface area (Å²) >= 11 is 0. The molecule has 1 fully saturated rings. The third kappa shape index (κ3) is 3.62. The Labute approximate surface area is 134 Å². The molecule has 0 saturated carbocycles. The molecule has 2 heterocycles. The number of carbonyl (C=O) groups excluding carboxylic acids is 1. The fourth-order valence-corrected chi connectivity index (χ4v) is 2.51. The molecule has 1 unspecified atom stereocenters. The van der Waals surface area contributed by atoms with Gasteiger partial charge in [-0.2, -0.15) is 5.10 Å². The van der Waals surface area contributed by atoms with Crippen LogP contribution in [0.1, 0.15) is 11.7 Å². The molecule has 7 nitrogen and oxygen atoms in total. The molecule has 0 aliphatic carbocycles. The summed E-state index contributed by atoms with van der Waals surface area (Å²) in [7, 11) is 1.60. The lowest BCUT2D eigenvalue weighted by atomic mass is 10.1. The van der Waals surface area contributed by atoms with Crippen molar-refractivity contribution in [2.45, 2.75) is 6.04 Å². The first kappa shape index (κ1) is 15.4. The first-order valence-corrected chi connectivity index (χ1v) is 7.41. The third-order valence-electron chi connectivity index (χ3n) is 3.75. The van der Waals surface area contributed by atoms with Crippen molar-refractivity contribution in [2.24, 2.45) is 0 Å². The van der Waals surface area contributed by atoms with Crippen molar-refractivity contribution >= 4 is 5.91 Å². The fourth-order valence-electron chi connectivity index (χ4n) is 2.51. The third-order valence-corrected chi connectivity index (χ3v) is 3.75. The zero-order chi connectivity index (χ0) is 16.1. The Morgan fingerprint density at radius 2 is 2.13 bits per heavy atom. The monoisotopic (exact) mass is 317 g/mol. The molecule has 1 saturated heterocycles. The maximum Gasteiger partial charge on any atom is 0.261 e. The van der Waals surface area contributed by atoms with Crippen LogP contribution in [0.15, 0.2) is 36.5 Å². The van der Waals surface area contributed by atoms with Crippen LogP contribution in [0.3, 0.4) is 0 Å². The normalized spacial score (nSPS) is 17.8. The molecule has 0 radical (unpaired) electrons.